The number of esters is 1. The largest absolute Gasteiger partial charge is 0.493 e. The molecule has 1 amide bonds. The molecule has 0 unspecified atom stereocenters. The Kier molecular flexibility index (Phi) is 10.2. The summed E-state index contributed by atoms with van der Waals surface area (Å²) in [6, 6.07) is 13.6. The van der Waals surface area contributed by atoms with E-state index < -0.39 is 11.9 Å². The number of nitriles is 1. The second kappa shape index (κ2) is 13.3. The number of ether oxygens (including phenoxy) is 4. The van der Waals surface area contributed by atoms with Crippen LogP contribution < -0.4 is 19.5 Å². The van der Waals surface area contributed by atoms with Gasteiger partial charge in [0.2, 0.25) is 0 Å². The third kappa shape index (κ3) is 8.16. The van der Waals surface area contributed by atoms with Gasteiger partial charge in [0.15, 0.2) is 11.5 Å². The van der Waals surface area contributed by atoms with Crippen molar-refractivity contribution >= 4 is 24.0 Å². The predicted octanol–water partition coefficient (Wildman–Crippen LogP) is 3.38. The van der Waals surface area contributed by atoms with Crippen molar-refractivity contribution in [3.63, 3.8) is 0 Å². The van der Waals surface area contributed by atoms with Crippen LogP contribution in [-0.2, 0) is 14.3 Å². The molecular formula is C25H26N2O6. The zero-order valence-corrected chi connectivity index (χ0v) is 18.8. The Bertz CT molecular complexity index is 1050. The van der Waals surface area contributed by atoms with Crippen LogP contribution in [0.3, 0.4) is 0 Å². The Balaban J connectivity index is 1.99. The Morgan fingerprint density at radius 3 is 2.42 bits per heavy atom. The lowest BCUT2D eigenvalue weighted by Crippen LogP contribution is -2.27. The lowest BCUT2D eigenvalue weighted by molar-refractivity contribution is -0.128. The molecule has 0 radical (unpaired) electrons. The number of hydrogen-bond acceptors (Lipinski definition) is 7. The van der Waals surface area contributed by atoms with E-state index in [-0.39, 0.29) is 5.57 Å². The lowest BCUT2D eigenvalue weighted by atomic mass is 10.1. The van der Waals surface area contributed by atoms with Crippen molar-refractivity contribution in [3.8, 4) is 23.3 Å². The zero-order valence-electron chi connectivity index (χ0n) is 18.8. The summed E-state index contributed by atoms with van der Waals surface area (Å²) in [6.45, 7) is 3.06. The number of hydrogen-bond donors (Lipinski definition) is 1. The van der Waals surface area contributed by atoms with Crippen LogP contribution in [0, 0.1) is 11.3 Å². The van der Waals surface area contributed by atoms with Crippen molar-refractivity contribution in [2.24, 2.45) is 0 Å². The highest BCUT2D eigenvalue weighted by Gasteiger charge is 2.09. The van der Waals surface area contributed by atoms with Crippen LogP contribution in [-0.4, -0.2) is 45.9 Å². The Hall–Kier alpha value is -4.09. The molecule has 8 heteroatoms. The first-order chi connectivity index (χ1) is 16.0. The number of nitrogens with one attached hydrogen (secondary N) is 1. The minimum atomic E-state index is -0.554. The number of carbonyl (C=O) groups is 2. The first-order valence-electron chi connectivity index (χ1n) is 10.2. The molecule has 0 aliphatic heterocycles. The molecule has 8 nitrogen and oxygen atoms in total. The van der Waals surface area contributed by atoms with Crippen LogP contribution in [0.4, 0.5) is 0 Å². The SMILES string of the molecule is CCOc1ccc(/C=C/C(=O)Oc2ccc(/C=C(\C#N)C(=O)NCCOC)cc2)cc1OC. The number of rotatable bonds is 11. The van der Waals surface area contributed by atoms with Gasteiger partial charge in [-0.05, 0) is 54.5 Å². The lowest BCUT2D eigenvalue weighted by Gasteiger charge is -2.09. The minimum absolute atomic E-state index is 0.0374. The van der Waals surface area contributed by atoms with Gasteiger partial charge in [0.1, 0.15) is 17.4 Å². The van der Waals surface area contributed by atoms with E-state index in [1.54, 1.807) is 55.7 Å². The van der Waals surface area contributed by atoms with Gasteiger partial charge >= 0.3 is 5.97 Å². The van der Waals surface area contributed by atoms with E-state index in [0.717, 1.165) is 5.56 Å². The molecule has 0 saturated heterocycles. The molecule has 1 N–H and O–H groups in total. The summed E-state index contributed by atoms with van der Waals surface area (Å²) >= 11 is 0. The van der Waals surface area contributed by atoms with E-state index in [1.165, 1.54) is 19.3 Å². The molecule has 33 heavy (non-hydrogen) atoms. The Morgan fingerprint density at radius 2 is 1.79 bits per heavy atom. The van der Waals surface area contributed by atoms with E-state index in [1.807, 2.05) is 13.0 Å². The Morgan fingerprint density at radius 1 is 1.06 bits per heavy atom. The number of amides is 1. The average Bonchev–Trinajstić information content (AvgIpc) is 2.83. The molecule has 0 bridgehead atoms. The fourth-order valence-electron chi connectivity index (χ4n) is 2.69. The highest BCUT2D eigenvalue weighted by atomic mass is 16.5. The summed E-state index contributed by atoms with van der Waals surface area (Å²) in [5.41, 5.74) is 1.33. The number of nitrogens with zero attached hydrogens (tertiary/aromatic N) is 1. The number of carbonyl (C=O) groups excluding carboxylic acids is 2. The average molecular weight is 450 g/mol. The fourth-order valence-corrected chi connectivity index (χ4v) is 2.69. The van der Waals surface area contributed by atoms with Gasteiger partial charge in [-0.1, -0.05) is 18.2 Å². The molecule has 2 aromatic rings. The molecule has 0 saturated carbocycles. The van der Waals surface area contributed by atoms with Crippen molar-refractivity contribution in [1.29, 1.82) is 5.26 Å². The molecule has 0 spiro atoms. The maximum Gasteiger partial charge on any atom is 0.336 e. The topological polar surface area (TPSA) is 107 Å². The first kappa shape index (κ1) is 25.2. The van der Waals surface area contributed by atoms with E-state index in [0.29, 0.717) is 42.6 Å². The first-order valence-corrected chi connectivity index (χ1v) is 10.2. The summed E-state index contributed by atoms with van der Waals surface area (Å²) in [5, 5.41) is 11.8. The molecule has 0 aromatic heterocycles. The maximum atomic E-state index is 12.2. The van der Waals surface area contributed by atoms with Crippen molar-refractivity contribution < 1.29 is 28.5 Å². The molecule has 2 aromatic carbocycles. The normalized spacial score (nSPS) is 11.0. The van der Waals surface area contributed by atoms with Crippen LogP contribution in [0.2, 0.25) is 0 Å². The van der Waals surface area contributed by atoms with E-state index in [9.17, 15) is 14.9 Å². The van der Waals surface area contributed by atoms with Crippen molar-refractivity contribution in [1.82, 2.24) is 5.32 Å². The Labute approximate surface area is 193 Å². The zero-order chi connectivity index (χ0) is 24.1. The van der Waals surface area contributed by atoms with E-state index in [2.05, 4.69) is 5.32 Å². The summed E-state index contributed by atoms with van der Waals surface area (Å²) in [4.78, 5) is 24.1. The third-order valence-electron chi connectivity index (χ3n) is 4.27. The molecular weight excluding hydrogens is 424 g/mol. The fraction of sp³-hybridized carbons (Fsp3) is 0.240. The van der Waals surface area contributed by atoms with Gasteiger partial charge in [-0.3, -0.25) is 4.79 Å². The molecule has 0 aliphatic carbocycles. The molecule has 0 aliphatic rings. The van der Waals surface area contributed by atoms with Crippen LogP contribution in [0.15, 0.2) is 54.1 Å². The molecule has 0 heterocycles. The van der Waals surface area contributed by atoms with E-state index in [4.69, 9.17) is 18.9 Å². The minimum Gasteiger partial charge on any atom is -0.493 e. The van der Waals surface area contributed by atoms with Crippen LogP contribution in [0.5, 0.6) is 17.2 Å². The van der Waals surface area contributed by atoms with Gasteiger partial charge in [0.25, 0.3) is 5.91 Å². The van der Waals surface area contributed by atoms with Gasteiger partial charge < -0.3 is 24.3 Å². The van der Waals surface area contributed by atoms with Gasteiger partial charge in [0.05, 0.1) is 20.3 Å². The molecule has 0 fully saturated rings. The predicted molar refractivity (Wildman–Crippen MR) is 124 cm³/mol. The van der Waals surface area contributed by atoms with Gasteiger partial charge in [0, 0.05) is 19.7 Å². The standard InChI is InChI=1S/C25H26N2O6/c1-4-32-22-11-7-19(16-23(22)31-3)8-12-24(28)33-21-9-5-18(6-10-21)15-20(17-26)25(29)27-13-14-30-2/h5-12,15-16H,4,13-14H2,1-3H3,(H,27,29)/b12-8+,20-15+. The highest BCUT2D eigenvalue weighted by molar-refractivity contribution is 6.01. The van der Waals surface area contributed by atoms with Gasteiger partial charge in [-0.15, -0.1) is 0 Å². The van der Waals surface area contributed by atoms with Crippen molar-refractivity contribution in [2.45, 2.75) is 6.92 Å². The number of benzene rings is 2. The molecule has 2 rings (SSSR count). The van der Waals surface area contributed by atoms with Gasteiger partial charge in [-0.2, -0.15) is 5.26 Å². The maximum absolute atomic E-state index is 12.2. The summed E-state index contributed by atoms with van der Waals surface area (Å²) < 4.78 is 20.9. The van der Waals surface area contributed by atoms with Crippen LogP contribution >= 0.6 is 0 Å². The summed E-state index contributed by atoms with van der Waals surface area (Å²) in [6.07, 6.45) is 4.37. The van der Waals surface area contributed by atoms with Crippen molar-refractivity contribution in [2.75, 3.05) is 34.0 Å². The third-order valence-corrected chi connectivity index (χ3v) is 4.27. The monoisotopic (exact) mass is 450 g/mol. The van der Waals surface area contributed by atoms with Gasteiger partial charge in [-0.25, -0.2) is 4.79 Å². The second-order valence-corrected chi connectivity index (χ2v) is 6.59. The molecule has 172 valence electrons. The summed E-state index contributed by atoms with van der Waals surface area (Å²) in [5.74, 6) is 0.484. The second-order valence-electron chi connectivity index (χ2n) is 6.59. The van der Waals surface area contributed by atoms with E-state index >= 15 is 0 Å². The quantitative estimate of drug-likeness (QED) is 0.184. The van der Waals surface area contributed by atoms with Crippen molar-refractivity contribution in [3.05, 3.63) is 65.2 Å². The molecule has 0 atom stereocenters. The summed E-state index contributed by atoms with van der Waals surface area (Å²) in [7, 11) is 3.07. The van der Waals surface area contributed by atoms with Crippen LogP contribution in [0.1, 0.15) is 18.1 Å². The van der Waals surface area contributed by atoms with Crippen LogP contribution in [0.25, 0.3) is 12.2 Å². The smallest absolute Gasteiger partial charge is 0.336 e. The number of methoxy groups -OCH3 is 2. The highest BCUT2D eigenvalue weighted by Crippen LogP contribution is 2.28.